The Morgan fingerprint density at radius 2 is 1.94 bits per heavy atom. The Kier molecular flexibility index (Phi) is 3.92. The van der Waals surface area contributed by atoms with Gasteiger partial charge in [-0.1, -0.05) is 19.3 Å². The predicted octanol–water partition coefficient (Wildman–Crippen LogP) is 2.30. The highest BCUT2D eigenvalue weighted by Crippen LogP contribution is 2.24. The van der Waals surface area contributed by atoms with Crippen molar-refractivity contribution in [2.24, 2.45) is 5.92 Å². The lowest BCUT2D eigenvalue weighted by Gasteiger charge is -2.20. The molecule has 18 heavy (non-hydrogen) atoms. The minimum Gasteiger partial charge on any atom is -0.478 e. The second-order valence-electron chi connectivity index (χ2n) is 4.59. The molecule has 2 N–H and O–H groups in total. The van der Waals surface area contributed by atoms with Gasteiger partial charge in [0, 0.05) is 12.1 Å². The van der Waals surface area contributed by atoms with E-state index in [4.69, 9.17) is 5.11 Å². The number of aromatic nitrogens is 1. The highest BCUT2D eigenvalue weighted by molar-refractivity contribution is 5.94. The number of amides is 1. The Morgan fingerprint density at radius 1 is 1.22 bits per heavy atom. The summed E-state index contributed by atoms with van der Waals surface area (Å²) in [5.41, 5.74) is 0.530. The summed E-state index contributed by atoms with van der Waals surface area (Å²) >= 11 is 0. The van der Waals surface area contributed by atoms with Gasteiger partial charge in [0.25, 0.3) is 0 Å². The number of nitrogens with one attached hydrogen (secondary N) is 1. The number of anilines is 1. The Bertz CT molecular complexity index is 453. The molecule has 1 aliphatic rings. The lowest BCUT2D eigenvalue weighted by Crippen LogP contribution is -2.24. The van der Waals surface area contributed by atoms with Crippen molar-refractivity contribution in [3.05, 3.63) is 24.0 Å². The molecule has 1 aliphatic carbocycles. The maximum atomic E-state index is 12.0. The lowest BCUT2D eigenvalue weighted by molar-refractivity contribution is -0.120. The van der Waals surface area contributed by atoms with Crippen LogP contribution in [0.3, 0.4) is 0 Å². The van der Waals surface area contributed by atoms with E-state index in [-0.39, 0.29) is 17.4 Å². The molecule has 0 saturated heterocycles. The standard InChI is InChI=1S/C13H16N2O3/c16-12(9-4-2-1-3-5-9)15-11-6-10(13(17)18)7-14-8-11/h6-9H,1-5H2,(H,15,16)(H,17,18). The zero-order valence-corrected chi connectivity index (χ0v) is 10.1. The number of nitrogens with zero attached hydrogens (tertiary/aromatic N) is 1. The van der Waals surface area contributed by atoms with E-state index < -0.39 is 5.97 Å². The summed E-state index contributed by atoms with van der Waals surface area (Å²) in [6.45, 7) is 0. The van der Waals surface area contributed by atoms with E-state index in [0.29, 0.717) is 5.69 Å². The molecule has 96 valence electrons. The van der Waals surface area contributed by atoms with Crippen molar-refractivity contribution < 1.29 is 14.7 Å². The van der Waals surface area contributed by atoms with Crippen LogP contribution in [-0.4, -0.2) is 22.0 Å². The Hall–Kier alpha value is -1.91. The van der Waals surface area contributed by atoms with Gasteiger partial charge < -0.3 is 10.4 Å². The second kappa shape index (κ2) is 5.62. The molecular formula is C13H16N2O3. The van der Waals surface area contributed by atoms with E-state index in [0.717, 1.165) is 25.7 Å². The van der Waals surface area contributed by atoms with Gasteiger partial charge in [-0.2, -0.15) is 0 Å². The van der Waals surface area contributed by atoms with Crippen LogP contribution in [0.25, 0.3) is 0 Å². The number of hydrogen-bond acceptors (Lipinski definition) is 3. The quantitative estimate of drug-likeness (QED) is 0.860. The number of aromatic carboxylic acids is 1. The highest BCUT2D eigenvalue weighted by atomic mass is 16.4. The van der Waals surface area contributed by atoms with Crippen molar-refractivity contribution in [1.29, 1.82) is 0 Å². The fraction of sp³-hybridized carbons (Fsp3) is 0.462. The average Bonchev–Trinajstić information content (AvgIpc) is 2.40. The van der Waals surface area contributed by atoms with Crippen molar-refractivity contribution in [3.63, 3.8) is 0 Å². The van der Waals surface area contributed by atoms with Crippen molar-refractivity contribution in [3.8, 4) is 0 Å². The fourth-order valence-electron chi connectivity index (χ4n) is 2.23. The van der Waals surface area contributed by atoms with Crippen LogP contribution in [0.4, 0.5) is 5.69 Å². The van der Waals surface area contributed by atoms with Gasteiger partial charge in [0.05, 0.1) is 17.4 Å². The molecule has 0 radical (unpaired) electrons. The van der Waals surface area contributed by atoms with Crippen LogP contribution >= 0.6 is 0 Å². The summed E-state index contributed by atoms with van der Waals surface area (Å²) in [5, 5.41) is 11.6. The molecule has 0 unspecified atom stereocenters. The van der Waals surface area contributed by atoms with Crippen LogP contribution in [0.1, 0.15) is 42.5 Å². The minimum absolute atomic E-state index is 0.0287. The van der Waals surface area contributed by atoms with E-state index in [2.05, 4.69) is 10.3 Å². The van der Waals surface area contributed by atoms with E-state index in [1.807, 2.05) is 0 Å². The zero-order valence-electron chi connectivity index (χ0n) is 10.1. The number of hydrogen-bond donors (Lipinski definition) is 2. The average molecular weight is 248 g/mol. The molecule has 2 rings (SSSR count). The van der Waals surface area contributed by atoms with Gasteiger partial charge in [0.2, 0.25) is 5.91 Å². The van der Waals surface area contributed by atoms with Gasteiger partial charge in [-0.15, -0.1) is 0 Å². The highest BCUT2D eigenvalue weighted by Gasteiger charge is 2.21. The summed E-state index contributed by atoms with van der Waals surface area (Å²) in [6, 6.07) is 1.43. The summed E-state index contributed by atoms with van der Waals surface area (Å²) < 4.78 is 0. The molecule has 1 aromatic heterocycles. The Labute approximate surface area is 105 Å². The van der Waals surface area contributed by atoms with Gasteiger partial charge >= 0.3 is 5.97 Å². The molecule has 0 bridgehead atoms. The summed E-state index contributed by atoms with van der Waals surface area (Å²) in [6.07, 6.45) is 7.93. The molecule has 1 fully saturated rings. The van der Waals surface area contributed by atoms with Gasteiger partial charge in [0.1, 0.15) is 0 Å². The Balaban J connectivity index is 2.02. The molecule has 5 heteroatoms. The third-order valence-electron chi connectivity index (χ3n) is 3.23. The predicted molar refractivity (Wildman–Crippen MR) is 66.4 cm³/mol. The number of carboxylic acid groups (broad SMARTS) is 1. The maximum absolute atomic E-state index is 12.0. The molecule has 5 nitrogen and oxygen atoms in total. The maximum Gasteiger partial charge on any atom is 0.337 e. The topological polar surface area (TPSA) is 79.3 Å². The molecule has 1 amide bonds. The first-order valence-electron chi connectivity index (χ1n) is 6.16. The van der Waals surface area contributed by atoms with Crippen LogP contribution in [0.5, 0.6) is 0 Å². The molecule has 0 spiro atoms. The van der Waals surface area contributed by atoms with Crippen LogP contribution < -0.4 is 5.32 Å². The first-order valence-corrected chi connectivity index (χ1v) is 6.16. The van der Waals surface area contributed by atoms with E-state index in [1.165, 1.54) is 24.9 Å². The van der Waals surface area contributed by atoms with Gasteiger partial charge in [-0.25, -0.2) is 4.79 Å². The molecule has 1 saturated carbocycles. The monoisotopic (exact) mass is 248 g/mol. The first-order chi connectivity index (χ1) is 8.66. The lowest BCUT2D eigenvalue weighted by atomic mass is 9.88. The smallest absolute Gasteiger partial charge is 0.337 e. The second-order valence-corrected chi connectivity index (χ2v) is 4.59. The fourth-order valence-corrected chi connectivity index (χ4v) is 2.23. The molecule has 0 aromatic carbocycles. The minimum atomic E-state index is -1.05. The SMILES string of the molecule is O=C(O)c1cncc(NC(=O)C2CCCCC2)c1. The summed E-state index contributed by atoms with van der Waals surface area (Å²) in [5.74, 6) is -1.03. The van der Waals surface area contributed by atoms with Gasteiger partial charge in [-0.05, 0) is 18.9 Å². The third kappa shape index (κ3) is 3.06. The molecule has 1 heterocycles. The van der Waals surface area contributed by atoms with Crippen molar-refractivity contribution in [2.45, 2.75) is 32.1 Å². The number of carbonyl (C=O) groups is 2. The number of rotatable bonds is 3. The van der Waals surface area contributed by atoms with Crippen LogP contribution in [0.2, 0.25) is 0 Å². The van der Waals surface area contributed by atoms with Crippen LogP contribution in [-0.2, 0) is 4.79 Å². The van der Waals surface area contributed by atoms with Crippen molar-refractivity contribution in [2.75, 3.05) is 5.32 Å². The Morgan fingerprint density at radius 3 is 2.61 bits per heavy atom. The molecule has 0 aliphatic heterocycles. The third-order valence-corrected chi connectivity index (χ3v) is 3.23. The first kappa shape index (κ1) is 12.5. The van der Waals surface area contributed by atoms with Gasteiger partial charge in [0.15, 0.2) is 0 Å². The number of carbonyl (C=O) groups excluding carboxylic acids is 1. The largest absolute Gasteiger partial charge is 0.478 e. The number of carboxylic acids is 1. The van der Waals surface area contributed by atoms with Gasteiger partial charge in [-0.3, -0.25) is 9.78 Å². The normalized spacial score (nSPS) is 16.2. The van der Waals surface area contributed by atoms with Crippen LogP contribution in [0, 0.1) is 5.92 Å². The summed E-state index contributed by atoms with van der Waals surface area (Å²) in [4.78, 5) is 26.6. The van der Waals surface area contributed by atoms with Crippen molar-refractivity contribution >= 4 is 17.6 Å². The molecule has 0 atom stereocenters. The van der Waals surface area contributed by atoms with Crippen molar-refractivity contribution in [1.82, 2.24) is 4.98 Å². The van der Waals surface area contributed by atoms with E-state index in [1.54, 1.807) is 0 Å². The zero-order chi connectivity index (χ0) is 13.0. The molecular weight excluding hydrogens is 232 g/mol. The number of pyridine rings is 1. The van der Waals surface area contributed by atoms with Crippen LogP contribution in [0.15, 0.2) is 18.5 Å². The summed E-state index contributed by atoms with van der Waals surface area (Å²) in [7, 11) is 0. The molecule has 1 aromatic rings. The van der Waals surface area contributed by atoms with E-state index in [9.17, 15) is 9.59 Å². The van der Waals surface area contributed by atoms with E-state index >= 15 is 0 Å².